The van der Waals surface area contributed by atoms with Gasteiger partial charge in [-0.05, 0) is 19.6 Å². The van der Waals surface area contributed by atoms with Gasteiger partial charge in [-0.1, -0.05) is 31.8 Å². The highest BCUT2D eigenvalue weighted by Crippen LogP contribution is 2.23. The zero-order chi connectivity index (χ0) is 23.8. The molecule has 1 aliphatic heterocycles. The molecule has 1 aliphatic rings. The van der Waals surface area contributed by atoms with Crippen molar-refractivity contribution in [2.45, 2.75) is 32.9 Å². The Labute approximate surface area is 180 Å². The molecule has 4 N–H and O–H groups in total. The van der Waals surface area contributed by atoms with Crippen LogP contribution >= 0.6 is 0 Å². The fraction of sp³-hybridized carbons (Fsp3) is 0.529. The molecular weight excluding hydrogens is 432 g/mol. The number of carbonyl (C=O) groups excluding carboxylic acids is 2. The number of rotatable bonds is 8. The average Bonchev–Trinajstić information content (AvgIpc) is 3.14. The molecule has 0 unspecified atom stereocenters. The van der Waals surface area contributed by atoms with E-state index in [4.69, 9.17) is 21.1 Å². The van der Waals surface area contributed by atoms with Crippen LogP contribution < -0.4 is 11.1 Å². The Morgan fingerprint density at radius 2 is 2.03 bits per heavy atom. The molecule has 1 saturated heterocycles. The molecule has 2 atom stereocenters. The monoisotopic (exact) mass is 458 g/mol. The first-order chi connectivity index (χ1) is 14.5. The van der Waals surface area contributed by atoms with Crippen molar-refractivity contribution in [1.29, 1.82) is 0 Å². The lowest BCUT2D eigenvalue weighted by molar-refractivity contribution is -0.142. The number of hydrogen-bond donors (Lipinski definition) is 3. The van der Waals surface area contributed by atoms with E-state index in [1.807, 2.05) is 5.92 Å². The van der Waals surface area contributed by atoms with Crippen molar-refractivity contribution in [2.75, 3.05) is 32.5 Å². The Hall–Kier alpha value is -3.15. The van der Waals surface area contributed by atoms with Crippen LogP contribution in [0.2, 0.25) is 0 Å². The van der Waals surface area contributed by atoms with Crippen molar-refractivity contribution in [3.8, 4) is 12.3 Å². The van der Waals surface area contributed by atoms with Crippen LogP contribution in [0.15, 0.2) is 15.8 Å². The van der Waals surface area contributed by atoms with Gasteiger partial charge < -0.3 is 25.2 Å². The van der Waals surface area contributed by atoms with E-state index in [0.29, 0.717) is 0 Å². The van der Waals surface area contributed by atoms with Crippen molar-refractivity contribution in [3.63, 3.8) is 0 Å². The van der Waals surface area contributed by atoms with Gasteiger partial charge in [0.05, 0.1) is 0 Å². The summed E-state index contributed by atoms with van der Waals surface area (Å²) in [5.41, 5.74) is 4.83. The van der Waals surface area contributed by atoms with Gasteiger partial charge >= 0.3 is 10.3 Å². The van der Waals surface area contributed by atoms with Gasteiger partial charge in [0.25, 0.3) is 17.8 Å². The molecule has 13 nitrogen and oxygen atoms in total. The zero-order valence-corrected chi connectivity index (χ0v) is 18.4. The van der Waals surface area contributed by atoms with E-state index in [0.717, 1.165) is 13.4 Å². The van der Waals surface area contributed by atoms with Crippen molar-refractivity contribution in [3.05, 3.63) is 12.0 Å². The van der Waals surface area contributed by atoms with Gasteiger partial charge in [-0.25, -0.2) is 0 Å². The normalized spacial score (nSPS) is 18.5. The number of nitrogens with one attached hydrogen (secondary N) is 1. The van der Waals surface area contributed by atoms with E-state index in [2.05, 4.69) is 46.0 Å². The van der Waals surface area contributed by atoms with Gasteiger partial charge in [-0.3, -0.25) is 14.1 Å². The molecule has 172 valence electrons. The highest BCUT2D eigenvalue weighted by molar-refractivity contribution is 7.84. The minimum absolute atomic E-state index is 0.0686. The number of nitrogens with zero attached hydrogens (tertiary/aromatic N) is 4. The zero-order valence-electron chi connectivity index (χ0n) is 17.6. The Morgan fingerprint density at radius 1 is 1.45 bits per heavy atom. The average molecular weight is 458 g/mol. The maximum Gasteiger partial charge on any atom is 0.363 e. The molecule has 2 rings (SSSR count). The van der Waals surface area contributed by atoms with Gasteiger partial charge in [0.2, 0.25) is 0 Å². The highest BCUT2D eigenvalue weighted by atomic mass is 32.2. The quantitative estimate of drug-likeness (QED) is 0.145. The molecule has 1 aromatic heterocycles. The number of nitrogen functional groups attached to an aromatic ring is 1. The van der Waals surface area contributed by atoms with E-state index in [-0.39, 0.29) is 21.7 Å². The van der Waals surface area contributed by atoms with Crippen molar-refractivity contribution >= 4 is 33.8 Å². The van der Waals surface area contributed by atoms with E-state index in [9.17, 15) is 18.0 Å². The minimum atomic E-state index is -4.83. The summed E-state index contributed by atoms with van der Waals surface area (Å²) in [5.74, 6) is -0.0672. The Kier molecular flexibility index (Phi) is 9.43. The lowest BCUT2D eigenvalue weighted by atomic mass is 9.99. The summed E-state index contributed by atoms with van der Waals surface area (Å²) in [6.45, 7) is 10.1. The second-order valence-electron chi connectivity index (χ2n) is 5.99. The van der Waals surface area contributed by atoms with Crippen LogP contribution in [-0.4, -0.2) is 83.5 Å². The second kappa shape index (κ2) is 11.3. The second-order valence-corrected chi connectivity index (χ2v) is 7.28. The van der Waals surface area contributed by atoms with Crippen LogP contribution in [0.5, 0.6) is 0 Å². The van der Waals surface area contributed by atoms with Gasteiger partial charge in [0.1, 0.15) is 31.2 Å². The highest BCUT2D eigenvalue weighted by Gasteiger charge is 2.53. The minimum Gasteiger partial charge on any atom is -0.432 e. The van der Waals surface area contributed by atoms with Crippen molar-refractivity contribution in [1.82, 2.24) is 19.5 Å². The molecule has 2 heterocycles. The van der Waals surface area contributed by atoms with E-state index < -0.39 is 34.2 Å². The molecule has 1 fully saturated rings. The van der Waals surface area contributed by atoms with Crippen LogP contribution in [-0.2, 0) is 24.7 Å². The number of hydrogen-bond acceptors (Lipinski definition) is 10. The fourth-order valence-electron chi connectivity index (χ4n) is 2.60. The van der Waals surface area contributed by atoms with Gasteiger partial charge in [-0.2, -0.15) is 17.7 Å². The number of oxime groups is 1. The molecule has 31 heavy (non-hydrogen) atoms. The van der Waals surface area contributed by atoms with Crippen LogP contribution in [0.3, 0.4) is 0 Å². The van der Waals surface area contributed by atoms with Crippen LogP contribution in [0.1, 0.15) is 26.5 Å². The van der Waals surface area contributed by atoms with Crippen LogP contribution in [0, 0.1) is 12.3 Å². The molecule has 0 saturated carbocycles. The molecule has 0 aromatic carbocycles. The van der Waals surface area contributed by atoms with Crippen molar-refractivity contribution < 1.29 is 31.8 Å². The largest absolute Gasteiger partial charge is 0.432 e. The predicted octanol–water partition coefficient (Wildman–Crippen LogP) is -0.913. The summed E-state index contributed by atoms with van der Waals surface area (Å²) in [7, 11) is -3.67. The van der Waals surface area contributed by atoms with E-state index in [1.165, 1.54) is 19.6 Å². The van der Waals surface area contributed by atoms with E-state index >= 15 is 0 Å². The molecule has 0 bridgehead atoms. The Bertz CT molecular complexity index is 943. The maximum atomic E-state index is 12.2. The first-order valence-electron chi connectivity index (χ1n) is 9.18. The summed E-state index contributed by atoms with van der Waals surface area (Å²) in [6, 6.07) is -3.00. The lowest BCUT2D eigenvalue weighted by Gasteiger charge is -2.41. The van der Waals surface area contributed by atoms with Gasteiger partial charge in [0.15, 0.2) is 5.71 Å². The standard InChI is InChI=1S/C11H11N5O7S.C6H15N/c1-3-6-8(10(18)16(6)24(19,20)21)14-9(17)7(15-22-2)5-4-23-11(12)13-5;1-4-7(5-2)6-3/h1,4,6,8H,2H3,(H2,12,13)(H,14,17)(H,19,20,21);4-6H2,1-3H3/t6-,8+;/m1./s1. The number of anilines is 1. The molecule has 1 aromatic rings. The third-order valence-corrected chi connectivity index (χ3v) is 5.17. The number of β-lactam (4-membered cyclic amide) rings is 1. The van der Waals surface area contributed by atoms with Gasteiger partial charge in [-0.15, -0.1) is 6.42 Å². The Morgan fingerprint density at radius 3 is 2.39 bits per heavy atom. The lowest BCUT2D eigenvalue weighted by Crippen LogP contribution is -2.71. The van der Waals surface area contributed by atoms with Crippen LogP contribution in [0.25, 0.3) is 0 Å². The number of oxazole rings is 1. The maximum absolute atomic E-state index is 12.2. The summed E-state index contributed by atoms with van der Waals surface area (Å²) < 4.78 is 35.9. The molecule has 14 heteroatoms. The molecule has 0 spiro atoms. The van der Waals surface area contributed by atoms with E-state index in [1.54, 1.807) is 0 Å². The molecule has 0 radical (unpaired) electrons. The summed E-state index contributed by atoms with van der Waals surface area (Å²) in [6.07, 6.45) is 6.16. The number of amides is 2. The van der Waals surface area contributed by atoms with Crippen molar-refractivity contribution in [2.24, 2.45) is 5.16 Å². The first-order valence-corrected chi connectivity index (χ1v) is 10.6. The third-order valence-electron chi connectivity index (χ3n) is 4.26. The number of terminal acetylenes is 1. The van der Waals surface area contributed by atoms with Crippen LogP contribution in [0.4, 0.5) is 6.01 Å². The molecular formula is C17H26N6O7S. The van der Waals surface area contributed by atoms with Gasteiger partial charge in [0, 0.05) is 0 Å². The molecule has 0 aliphatic carbocycles. The number of nitrogens with two attached hydrogens (primary N) is 1. The summed E-state index contributed by atoms with van der Waals surface area (Å²) >= 11 is 0. The number of carbonyl (C=O) groups is 2. The topological polar surface area (TPSA) is 181 Å². The molecule has 2 amide bonds. The Balaban J connectivity index is 0.000000592. The SMILES string of the molecule is C#C[C@@H]1[C@H](NC(=O)C(=NOC)c2coc(N)n2)C(=O)N1S(=O)(=O)O.CCN(CC)CC. The first kappa shape index (κ1) is 25.9. The number of aromatic nitrogens is 1. The predicted molar refractivity (Wildman–Crippen MR) is 111 cm³/mol. The third kappa shape index (κ3) is 6.41. The fourth-order valence-corrected chi connectivity index (χ4v) is 3.41. The smallest absolute Gasteiger partial charge is 0.363 e. The summed E-state index contributed by atoms with van der Waals surface area (Å²) in [4.78, 5) is 34.6. The summed E-state index contributed by atoms with van der Waals surface area (Å²) in [5, 5.41) is 5.63.